The zero-order valence-corrected chi connectivity index (χ0v) is 16.5. The summed E-state index contributed by atoms with van der Waals surface area (Å²) < 4.78 is 15.8. The van der Waals surface area contributed by atoms with Crippen LogP contribution in [0, 0.1) is 0 Å². The summed E-state index contributed by atoms with van der Waals surface area (Å²) in [6.07, 6.45) is -0.133. The fourth-order valence-corrected chi connectivity index (χ4v) is 3.42. The minimum atomic E-state index is -0.775. The molecule has 0 radical (unpaired) electrons. The van der Waals surface area contributed by atoms with Gasteiger partial charge in [0, 0.05) is 22.9 Å². The molecule has 1 aromatic heterocycles. The Morgan fingerprint density at radius 3 is 2.59 bits per heavy atom. The third-order valence-electron chi connectivity index (χ3n) is 4.77. The summed E-state index contributed by atoms with van der Waals surface area (Å²) in [6, 6.07) is 12.0. The Morgan fingerprint density at radius 2 is 1.90 bits per heavy atom. The third-order valence-corrected chi connectivity index (χ3v) is 4.77. The molecule has 0 aliphatic carbocycles. The second kappa shape index (κ2) is 8.68. The summed E-state index contributed by atoms with van der Waals surface area (Å²) in [7, 11) is 3.02. The lowest BCUT2D eigenvalue weighted by Crippen LogP contribution is -2.21. The molecule has 0 spiro atoms. The number of aromatic hydroxyl groups is 1. The van der Waals surface area contributed by atoms with Crippen LogP contribution in [0.25, 0.3) is 10.9 Å². The second-order valence-corrected chi connectivity index (χ2v) is 6.43. The molecule has 29 heavy (non-hydrogen) atoms. The lowest BCUT2D eigenvalue weighted by molar-refractivity contribution is -0.143. The number of ether oxygens (including phenoxy) is 3. The number of pyridine rings is 1. The minimum Gasteiger partial charge on any atom is -0.507 e. The number of esters is 1. The van der Waals surface area contributed by atoms with E-state index in [9.17, 15) is 14.7 Å². The first-order chi connectivity index (χ1) is 14.0. The molecule has 1 heterocycles. The Labute approximate surface area is 167 Å². The zero-order valence-electron chi connectivity index (χ0n) is 16.5. The molecule has 3 rings (SSSR count). The van der Waals surface area contributed by atoms with Gasteiger partial charge in [0.15, 0.2) is 0 Å². The first-order valence-electron chi connectivity index (χ1n) is 9.21. The summed E-state index contributed by atoms with van der Waals surface area (Å²) in [4.78, 5) is 28.0. The minimum absolute atomic E-state index is 0.0835. The maximum Gasteiger partial charge on any atom is 0.306 e. The van der Waals surface area contributed by atoms with E-state index in [1.54, 1.807) is 49.4 Å². The van der Waals surface area contributed by atoms with Gasteiger partial charge in [-0.1, -0.05) is 18.2 Å². The molecule has 3 aromatic rings. The lowest BCUT2D eigenvalue weighted by atomic mass is 9.87. The van der Waals surface area contributed by atoms with E-state index in [4.69, 9.17) is 14.2 Å². The normalized spacial score (nSPS) is 11.8. The van der Waals surface area contributed by atoms with Crippen LogP contribution >= 0.6 is 0 Å². The molecule has 1 unspecified atom stereocenters. The number of aromatic amines is 1. The van der Waals surface area contributed by atoms with E-state index in [1.807, 2.05) is 0 Å². The van der Waals surface area contributed by atoms with Crippen LogP contribution in [0.4, 0.5) is 0 Å². The highest BCUT2D eigenvalue weighted by molar-refractivity contribution is 5.86. The molecule has 1 atom stereocenters. The molecule has 0 aliphatic heterocycles. The SMILES string of the molecule is CCOC(=O)CC(c1ccc(OC)cc1OC)c1c(O)c2ccccc2[nH]c1=O. The average Bonchev–Trinajstić information content (AvgIpc) is 2.72. The second-order valence-electron chi connectivity index (χ2n) is 6.43. The molecular formula is C22H23NO6. The van der Waals surface area contributed by atoms with E-state index in [0.29, 0.717) is 28.0 Å². The van der Waals surface area contributed by atoms with Crippen LogP contribution in [0.5, 0.6) is 17.2 Å². The van der Waals surface area contributed by atoms with Gasteiger partial charge in [0.2, 0.25) is 0 Å². The first-order valence-corrected chi connectivity index (χ1v) is 9.21. The summed E-state index contributed by atoms with van der Waals surface area (Å²) >= 11 is 0. The van der Waals surface area contributed by atoms with E-state index in [0.717, 1.165) is 0 Å². The van der Waals surface area contributed by atoms with Crippen molar-refractivity contribution < 1.29 is 24.1 Å². The van der Waals surface area contributed by atoms with Crippen molar-refractivity contribution in [3.05, 3.63) is 63.9 Å². The largest absolute Gasteiger partial charge is 0.507 e. The number of methoxy groups -OCH3 is 2. The maximum absolute atomic E-state index is 12.9. The van der Waals surface area contributed by atoms with Crippen LogP contribution < -0.4 is 15.0 Å². The van der Waals surface area contributed by atoms with E-state index >= 15 is 0 Å². The predicted octanol–water partition coefficient (Wildman–Crippen LogP) is 3.34. The van der Waals surface area contributed by atoms with Gasteiger partial charge in [0.05, 0.1) is 38.3 Å². The summed E-state index contributed by atoms with van der Waals surface area (Å²) in [6.45, 7) is 1.92. The smallest absolute Gasteiger partial charge is 0.306 e. The molecule has 2 aromatic carbocycles. The van der Waals surface area contributed by atoms with Crippen LogP contribution in [-0.4, -0.2) is 36.9 Å². The van der Waals surface area contributed by atoms with Gasteiger partial charge in [-0.2, -0.15) is 0 Å². The van der Waals surface area contributed by atoms with Crippen molar-refractivity contribution >= 4 is 16.9 Å². The van der Waals surface area contributed by atoms with E-state index < -0.39 is 17.4 Å². The topological polar surface area (TPSA) is 97.8 Å². The monoisotopic (exact) mass is 397 g/mol. The maximum atomic E-state index is 12.9. The molecular weight excluding hydrogens is 374 g/mol. The van der Waals surface area contributed by atoms with Crippen LogP contribution in [-0.2, 0) is 9.53 Å². The van der Waals surface area contributed by atoms with Crippen LogP contribution in [0.3, 0.4) is 0 Å². The number of nitrogens with one attached hydrogen (secondary N) is 1. The third kappa shape index (κ3) is 4.03. The van der Waals surface area contributed by atoms with Crippen molar-refractivity contribution in [2.45, 2.75) is 19.3 Å². The Kier molecular flexibility index (Phi) is 6.07. The summed E-state index contributed by atoms with van der Waals surface area (Å²) in [5.41, 5.74) is 0.682. The molecule has 2 N–H and O–H groups in total. The summed E-state index contributed by atoms with van der Waals surface area (Å²) in [5.74, 6) is -0.426. The Morgan fingerprint density at radius 1 is 1.14 bits per heavy atom. The van der Waals surface area contributed by atoms with Crippen molar-refractivity contribution in [2.75, 3.05) is 20.8 Å². The highest BCUT2D eigenvalue weighted by Crippen LogP contribution is 2.40. The van der Waals surface area contributed by atoms with Gasteiger partial charge < -0.3 is 24.3 Å². The van der Waals surface area contributed by atoms with Gasteiger partial charge in [-0.25, -0.2) is 0 Å². The van der Waals surface area contributed by atoms with Crippen molar-refractivity contribution in [2.24, 2.45) is 0 Å². The molecule has 0 amide bonds. The zero-order chi connectivity index (χ0) is 21.0. The van der Waals surface area contributed by atoms with E-state index in [-0.39, 0.29) is 24.3 Å². The van der Waals surface area contributed by atoms with Crippen molar-refractivity contribution in [1.82, 2.24) is 4.98 Å². The van der Waals surface area contributed by atoms with Crippen molar-refractivity contribution in [1.29, 1.82) is 0 Å². The lowest BCUT2D eigenvalue weighted by Gasteiger charge is -2.21. The standard InChI is InChI=1S/C22H23NO6/c1-4-29-19(24)12-16(14-10-9-13(27-2)11-18(14)28-3)20-21(25)15-7-5-6-8-17(15)23-22(20)26/h5-11,16H,4,12H2,1-3H3,(H2,23,25,26). The van der Waals surface area contributed by atoms with Gasteiger partial charge >= 0.3 is 5.97 Å². The fourth-order valence-electron chi connectivity index (χ4n) is 3.42. The summed E-state index contributed by atoms with van der Waals surface area (Å²) in [5, 5.41) is 11.4. The molecule has 0 bridgehead atoms. The fraction of sp³-hybridized carbons (Fsp3) is 0.273. The number of para-hydroxylation sites is 1. The number of rotatable bonds is 7. The number of carbonyl (C=O) groups is 1. The number of aromatic nitrogens is 1. The van der Waals surface area contributed by atoms with Gasteiger partial charge in [0.1, 0.15) is 17.2 Å². The highest BCUT2D eigenvalue weighted by atomic mass is 16.5. The Hall–Kier alpha value is -3.48. The molecule has 7 nitrogen and oxygen atoms in total. The van der Waals surface area contributed by atoms with Gasteiger partial charge in [-0.05, 0) is 25.1 Å². The van der Waals surface area contributed by atoms with Crippen molar-refractivity contribution in [3.8, 4) is 17.2 Å². The number of hydrogen-bond donors (Lipinski definition) is 2. The molecule has 0 saturated heterocycles. The van der Waals surface area contributed by atoms with E-state index in [2.05, 4.69) is 4.98 Å². The first kappa shape index (κ1) is 20.3. The van der Waals surface area contributed by atoms with Gasteiger partial charge in [-0.15, -0.1) is 0 Å². The van der Waals surface area contributed by atoms with Gasteiger partial charge in [-0.3, -0.25) is 9.59 Å². The number of carbonyl (C=O) groups excluding carboxylic acids is 1. The quantitative estimate of drug-likeness (QED) is 0.594. The molecule has 7 heteroatoms. The molecule has 0 saturated carbocycles. The van der Waals surface area contributed by atoms with Crippen LogP contribution in [0.2, 0.25) is 0 Å². The number of H-pyrrole nitrogens is 1. The highest BCUT2D eigenvalue weighted by Gasteiger charge is 2.29. The van der Waals surface area contributed by atoms with Crippen LogP contribution in [0.1, 0.15) is 30.4 Å². The predicted molar refractivity (Wildman–Crippen MR) is 109 cm³/mol. The van der Waals surface area contributed by atoms with E-state index in [1.165, 1.54) is 14.2 Å². The Bertz CT molecular complexity index is 1090. The van der Waals surface area contributed by atoms with Crippen molar-refractivity contribution in [3.63, 3.8) is 0 Å². The molecule has 0 aliphatic rings. The number of fused-ring (bicyclic) bond motifs is 1. The number of hydrogen-bond acceptors (Lipinski definition) is 6. The van der Waals surface area contributed by atoms with Crippen LogP contribution in [0.15, 0.2) is 47.3 Å². The van der Waals surface area contributed by atoms with Gasteiger partial charge in [0.25, 0.3) is 5.56 Å². The molecule has 0 fully saturated rings. The number of benzene rings is 2. The Balaban J connectivity index is 2.24. The molecule has 152 valence electrons. The average molecular weight is 397 g/mol.